The Morgan fingerprint density at radius 1 is 0.553 bits per heavy atom. The maximum Gasteiger partial charge on any atom is 2.00 e. The minimum Gasteiger partial charge on any atom is -1.00 e. The van der Waals surface area contributed by atoms with Crippen molar-refractivity contribution in [3.63, 3.8) is 0 Å². The minimum absolute atomic E-state index is 0. The molecular formula is C67H65CaN9O8. The van der Waals surface area contributed by atoms with Crippen LogP contribution in [0.1, 0.15) is 46.6 Å². The van der Waals surface area contributed by atoms with Crippen LogP contribution in [0.4, 0.5) is 23.1 Å². The summed E-state index contributed by atoms with van der Waals surface area (Å²) in [5, 5.41) is 67.4. The van der Waals surface area contributed by atoms with E-state index in [9.17, 15) is 30.0 Å². The van der Waals surface area contributed by atoms with E-state index in [4.69, 9.17) is 25.0 Å². The van der Waals surface area contributed by atoms with Gasteiger partial charge in [-0.15, -0.1) is 0 Å². The maximum atomic E-state index is 11.8. The topological polar surface area (TPSA) is 243 Å². The number of ether oxygens (including phenoxy) is 1. The molecule has 4 atom stereocenters. The van der Waals surface area contributed by atoms with Crippen LogP contribution in [0.2, 0.25) is 0 Å². The maximum absolute atomic E-state index is 11.8. The minimum atomic E-state index is -1.17. The number of benzene rings is 6. The number of carboxylic acid groups (broad SMARTS) is 1. The Hall–Kier alpha value is -8.91. The van der Waals surface area contributed by atoms with E-state index < -0.39 is 42.8 Å². The van der Waals surface area contributed by atoms with Crippen molar-refractivity contribution in [1.29, 1.82) is 0 Å². The molecule has 0 amide bonds. The van der Waals surface area contributed by atoms with Crippen LogP contribution in [-0.2, 0) is 14.3 Å². The Balaban J connectivity index is 0.000000269. The largest absolute Gasteiger partial charge is 2.00 e. The molecule has 18 heteroatoms. The molecule has 0 aliphatic rings. The van der Waals surface area contributed by atoms with Crippen molar-refractivity contribution < 1.29 is 42.7 Å². The Morgan fingerprint density at radius 2 is 0.988 bits per heavy atom. The number of aliphatic carboxylic acids is 1. The number of carbonyl (C=O) groups excluding carboxylic acids is 1. The number of esters is 1. The number of hydrogen-bond acceptors (Lipinski definition) is 14. The van der Waals surface area contributed by atoms with Gasteiger partial charge in [-0.3, -0.25) is 9.59 Å². The summed E-state index contributed by atoms with van der Waals surface area (Å²) in [7, 11) is 0. The van der Waals surface area contributed by atoms with Crippen LogP contribution >= 0.6 is 0 Å². The normalized spacial score (nSPS) is 12.5. The van der Waals surface area contributed by atoms with Gasteiger partial charge in [0.2, 0.25) is 5.95 Å². The predicted molar refractivity (Wildman–Crippen MR) is 335 cm³/mol. The van der Waals surface area contributed by atoms with Crippen molar-refractivity contribution in [3.8, 4) is 56.5 Å². The van der Waals surface area contributed by atoms with Crippen LogP contribution in [0, 0.1) is 0 Å². The van der Waals surface area contributed by atoms with Gasteiger partial charge in [-0.1, -0.05) is 182 Å². The fraction of sp³-hybridized carbons (Fsp3) is 0.149. The first-order chi connectivity index (χ1) is 41.0. The number of aromatic nitrogens is 7. The first kappa shape index (κ1) is 62.1. The van der Waals surface area contributed by atoms with Gasteiger partial charge in [-0.05, 0) is 37.3 Å². The van der Waals surface area contributed by atoms with Crippen molar-refractivity contribution in [2.75, 3.05) is 17.2 Å². The number of pyridine rings is 1. The number of anilines is 4. The molecule has 0 aliphatic carbocycles. The number of nitrogens with zero attached hydrogens (tertiary/aromatic N) is 7. The molecule has 0 spiro atoms. The van der Waals surface area contributed by atoms with E-state index >= 15 is 0 Å². The summed E-state index contributed by atoms with van der Waals surface area (Å²) in [6.07, 6.45) is 5.16. The Labute approximate surface area is 525 Å². The van der Waals surface area contributed by atoms with Crippen molar-refractivity contribution in [1.82, 2.24) is 34.5 Å². The molecule has 4 heterocycles. The molecule has 4 aromatic heterocycles. The number of aliphatic hydroxyl groups is 4. The number of aliphatic hydroxyl groups excluding tert-OH is 4. The molecule has 10 aromatic rings. The van der Waals surface area contributed by atoms with Crippen LogP contribution < -0.4 is 10.6 Å². The van der Waals surface area contributed by atoms with Gasteiger partial charge in [0.25, 0.3) is 0 Å². The summed E-state index contributed by atoms with van der Waals surface area (Å²) in [4.78, 5) is 36.4. The quantitative estimate of drug-likeness (QED) is 0.0233. The zero-order valence-electron chi connectivity index (χ0n) is 48.7. The van der Waals surface area contributed by atoms with Crippen LogP contribution in [0.5, 0.6) is 0 Å². The van der Waals surface area contributed by atoms with Gasteiger partial charge in [0.1, 0.15) is 17.2 Å². The molecule has 17 nitrogen and oxygen atoms in total. The molecule has 0 unspecified atom stereocenters. The fourth-order valence-electron chi connectivity index (χ4n) is 9.27. The second-order valence-corrected chi connectivity index (χ2v) is 19.4. The third kappa shape index (κ3) is 17.3. The van der Waals surface area contributed by atoms with Crippen LogP contribution in [0.25, 0.3) is 68.7 Å². The van der Waals surface area contributed by atoms with Crippen molar-refractivity contribution in [3.05, 3.63) is 236 Å². The second kappa shape index (κ2) is 31.1. The molecule has 10 rings (SSSR count). The average Bonchev–Trinajstić information content (AvgIpc) is 1.86. The van der Waals surface area contributed by atoms with Gasteiger partial charge < -0.3 is 43.8 Å². The zero-order chi connectivity index (χ0) is 58.6. The number of nitrogens with one attached hydrogen (secondary N) is 2. The van der Waals surface area contributed by atoms with E-state index in [1.807, 2.05) is 205 Å². The summed E-state index contributed by atoms with van der Waals surface area (Å²) in [5.74, 6) is -0.0131. The Bertz CT molecular complexity index is 3790. The van der Waals surface area contributed by atoms with Crippen LogP contribution in [0.15, 0.2) is 225 Å². The molecule has 0 fully saturated rings. The van der Waals surface area contributed by atoms with Gasteiger partial charge in [-0.25, -0.2) is 19.3 Å². The molecule has 0 saturated heterocycles. The third-order valence-electron chi connectivity index (χ3n) is 13.1. The SMILES string of the molecule is CCOC(=O)C[C@H](O)C[C@H](O)/C=C/c1c(-c2ccccc2)nn(-c2ccnc(Nc3ccccc3)c2)c1-c1ccccc1.O=C(O)C[C@H](O)C[C@H](O)/C=C/c1c(-c2ccccc2)nn(-c2ccnc(Nc3ccccc3)n2)c1-c1ccccc1.[Ca+2].[H-].[H-]. The molecular weight excluding hydrogens is 1100 g/mol. The molecule has 0 aliphatic heterocycles. The van der Waals surface area contributed by atoms with Gasteiger partial charge in [0.05, 0.1) is 60.9 Å². The van der Waals surface area contributed by atoms with Crippen molar-refractivity contribution in [2.24, 2.45) is 0 Å². The number of hydrogen-bond donors (Lipinski definition) is 7. The fourth-order valence-corrected chi connectivity index (χ4v) is 9.27. The number of carbonyl (C=O) groups is 2. The average molecular weight is 1160 g/mol. The summed E-state index contributed by atoms with van der Waals surface area (Å²) < 4.78 is 8.56. The number of carboxylic acids is 1. The van der Waals surface area contributed by atoms with Gasteiger partial charge >= 0.3 is 49.7 Å². The summed E-state index contributed by atoms with van der Waals surface area (Å²) >= 11 is 0. The zero-order valence-corrected chi connectivity index (χ0v) is 48.9. The van der Waals surface area contributed by atoms with Gasteiger partial charge in [-0.2, -0.15) is 15.2 Å². The van der Waals surface area contributed by atoms with E-state index in [0.29, 0.717) is 23.3 Å². The Kier molecular flexibility index (Phi) is 22.8. The monoisotopic (exact) mass is 1160 g/mol. The van der Waals surface area contributed by atoms with Crippen molar-refractivity contribution in [2.45, 2.75) is 57.0 Å². The smallest absolute Gasteiger partial charge is 1.00 e. The number of rotatable bonds is 23. The standard InChI is InChI=1S/C35H34N4O4.C32H29N5O4.Ca.2H/c1-2-43-33(42)24-30(41)23-29(40)18-19-31-34(25-12-6-3-7-13-25)38-39(35(31)26-14-8-4-9-15-26)28-20-21-36-32(22-28)37-27-16-10-5-11-17-27;38-25(20-26(39)21-29(40)41)16-17-27-30(22-10-4-1-5-11-22)36-37(31(27)23-12-6-2-7-13-23)28-18-19-33-32(35-28)34-24-14-8-3-9-15-24;;;/h3-22,29-30,40-41H,2,23-24H2,1H3,(H,36,37);1-19,25-26,38-39H,20-21H2,(H,40,41)(H,33,34,35);;;/q;;+2;2*-1/b19-18+;17-16+;;;/t29-,30-;25-,26-;;;/m11.../s1. The van der Waals surface area contributed by atoms with Gasteiger partial charge in [0.15, 0.2) is 5.82 Å². The van der Waals surface area contributed by atoms with E-state index in [1.54, 1.807) is 48.3 Å². The van der Waals surface area contributed by atoms with Crippen LogP contribution in [-0.4, -0.2) is 141 Å². The Morgan fingerprint density at radius 3 is 1.48 bits per heavy atom. The third-order valence-corrected chi connectivity index (χ3v) is 13.1. The first-order valence-corrected chi connectivity index (χ1v) is 27.4. The van der Waals surface area contributed by atoms with E-state index in [2.05, 4.69) is 20.6 Å². The van der Waals surface area contributed by atoms with E-state index in [-0.39, 0.29) is 66.5 Å². The van der Waals surface area contributed by atoms with Gasteiger partial charge in [0, 0.05) is 82.1 Å². The summed E-state index contributed by atoms with van der Waals surface area (Å²) in [5.41, 5.74) is 10.6. The molecule has 6 aromatic carbocycles. The molecule has 85 heavy (non-hydrogen) atoms. The summed E-state index contributed by atoms with van der Waals surface area (Å²) in [6, 6.07) is 64.3. The van der Waals surface area contributed by atoms with Crippen molar-refractivity contribution >= 4 is 85.0 Å². The van der Waals surface area contributed by atoms with E-state index in [1.165, 1.54) is 0 Å². The molecule has 0 saturated carbocycles. The van der Waals surface area contributed by atoms with Crippen LogP contribution in [0.3, 0.4) is 0 Å². The molecule has 0 bridgehead atoms. The first-order valence-electron chi connectivity index (χ1n) is 27.4. The van der Waals surface area contributed by atoms with E-state index in [0.717, 1.165) is 67.5 Å². The molecule has 7 N–H and O–H groups in total. The molecule has 428 valence electrons. The predicted octanol–water partition coefficient (Wildman–Crippen LogP) is 11.6. The summed E-state index contributed by atoms with van der Waals surface area (Å²) in [6.45, 7) is 1.95. The second-order valence-electron chi connectivity index (χ2n) is 19.4. The molecule has 0 radical (unpaired) electrons. The number of para-hydroxylation sites is 2.